The topological polar surface area (TPSA) is 63.6 Å². The number of ether oxygens (including phenoxy) is 1. The summed E-state index contributed by atoms with van der Waals surface area (Å²) >= 11 is 8.65. The number of carbonyl (C=O) groups excluding carboxylic acids is 2. The van der Waals surface area contributed by atoms with E-state index in [0.717, 1.165) is 27.2 Å². The van der Waals surface area contributed by atoms with Crippen LogP contribution in [0.5, 0.6) is 5.75 Å². The lowest BCUT2D eigenvalue weighted by molar-refractivity contribution is -0.122. The van der Waals surface area contributed by atoms with Gasteiger partial charge in [-0.3, -0.25) is 19.8 Å². The Morgan fingerprint density at radius 2 is 1.81 bits per heavy atom. The summed E-state index contributed by atoms with van der Waals surface area (Å²) in [6, 6.07) is 16.7. The normalized spacial score (nSPS) is 15.4. The summed E-state index contributed by atoms with van der Waals surface area (Å²) in [6.45, 7) is 1.96. The van der Waals surface area contributed by atoms with Gasteiger partial charge in [-0.1, -0.05) is 22.0 Å². The van der Waals surface area contributed by atoms with Crippen molar-refractivity contribution in [3.05, 3.63) is 82.1 Å². The van der Waals surface area contributed by atoms with Crippen molar-refractivity contribution in [3.63, 3.8) is 0 Å². The molecule has 31 heavy (non-hydrogen) atoms. The first kappa shape index (κ1) is 21.0. The number of aryl methyl sites for hydroxylation is 1. The zero-order valence-electron chi connectivity index (χ0n) is 16.8. The fourth-order valence-corrected chi connectivity index (χ4v) is 4.04. The van der Waals surface area contributed by atoms with Crippen LogP contribution in [0.2, 0.25) is 0 Å². The minimum atomic E-state index is -0.518. The van der Waals surface area contributed by atoms with Crippen LogP contribution in [-0.2, 0) is 9.59 Å². The molecule has 1 N–H and O–H groups in total. The molecule has 0 unspecified atom stereocenters. The average Bonchev–Trinajstić information content (AvgIpc) is 3.11. The van der Waals surface area contributed by atoms with Gasteiger partial charge in [0.15, 0.2) is 5.11 Å². The number of halogens is 1. The van der Waals surface area contributed by atoms with Gasteiger partial charge in [0, 0.05) is 22.1 Å². The molecule has 156 valence electrons. The van der Waals surface area contributed by atoms with Crippen molar-refractivity contribution in [1.82, 2.24) is 9.88 Å². The summed E-state index contributed by atoms with van der Waals surface area (Å²) in [7, 11) is 1.62. The molecular weight excluding hydrogens is 478 g/mol. The number of thiocarbonyl (C=S) groups is 1. The van der Waals surface area contributed by atoms with E-state index in [2.05, 4.69) is 21.2 Å². The van der Waals surface area contributed by atoms with E-state index < -0.39 is 11.8 Å². The van der Waals surface area contributed by atoms with Crippen molar-refractivity contribution in [1.29, 1.82) is 0 Å². The molecule has 1 saturated heterocycles. The van der Waals surface area contributed by atoms with Gasteiger partial charge in [0.2, 0.25) is 0 Å². The van der Waals surface area contributed by atoms with Crippen LogP contribution < -0.4 is 15.0 Å². The van der Waals surface area contributed by atoms with Crippen molar-refractivity contribution in [2.24, 2.45) is 0 Å². The number of rotatable bonds is 4. The molecule has 4 rings (SSSR count). The van der Waals surface area contributed by atoms with Gasteiger partial charge in [-0.25, -0.2) is 0 Å². The van der Waals surface area contributed by atoms with Crippen molar-refractivity contribution >= 4 is 56.8 Å². The van der Waals surface area contributed by atoms with Crippen LogP contribution in [-0.4, -0.2) is 28.6 Å². The Bertz CT molecular complexity index is 1230. The summed E-state index contributed by atoms with van der Waals surface area (Å²) in [5.74, 6) is -0.221. The van der Waals surface area contributed by atoms with Gasteiger partial charge in [-0.05, 0) is 79.3 Å². The molecule has 3 aromatic rings. The van der Waals surface area contributed by atoms with E-state index in [-0.39, 0.29) is 10.7 Å². The SMILES string of the molecule is COc1ccc(-n2cc(/C=C3/C(=O)NC(=S)N(c4cccc(Br)c4)C3=O)cc2C)cc1. The lowest BCUT2D eigenvalue weighted by Crippen LogP contribution is -2.54. The molecule has 8 heteroatoms. The molecule has 1 fully saturated rings. The monoisotopic (exact) mass is 495 g/mol. The Kier molecular flexibility index (Phi) is 5.75. The Hall–Kier alpha value is -3.23. The second kappa shape index (κ2) is 8.49. The highest BCUT2D eigenvalue weighted by Gasteiger charge is 2.34. The summed E-state index contributed by atoms with van der Waals surface area (Å²) in [5, 5.41) is 2.66. The molecule has 2 heterocycles. The van der Waals surface area contributed by atoms with Gasteiger partial charge < -0.3 is 9.30 Å². The van der Waals surface area contributed by atoms with Crippen LogP contribution in [0.3, 0.4) is 0 Å². The molecule has 0 aliphatic carbocycles. The van der Waals surface area contributed by atoms with Crippen LogP contribution in [0.4, 0.5) is 5.69 Å². The average molecular weight is 496 g/mol. The Labute approximate surface area is 193 Å². The second-order valence-electron chi connectivity index (χ2n) is 6.92. The Balaban J connectivity index is 1.69. The molecule has 0 radical (unpaired) electrons. The highest BCUT2D eigenvalue weighted by molar-refractivity contribution is 9.10. The number of nitrogens with one attached hydrogen (secondary N) is 1. The van der Waals surface area contributed by atoms with Crippen LogP contribution in [0, 0.1) is 6.92 Å². The molecular formula is C23H18BrN3O3S. The van der Waals surface area contributed by atoms with E-state index in [0.29, 0.717) is 5.69 Å². The fourth-order valence-electron chi connectivity index (χ4n) is 3.37. The number of hydrogen-bond acceptors (Lipinski definition) is 4. The molecule has 0 bridgehead atoms. The third-order valence-corrected chi connectivity index (χ3v) is 5.64. The van der Waals surface area contributed by atoms with Crippen molar-refractivity contribution < 1.29 is 14.3 Å². The summed E-state index contributed by atoms with van der Waals surface area (Å²) in [4.78, 5) is 27.0. The van der Waals surface area contributed by atoms with Crippen LogP contribution >= 0.6 is 28.1 Å². The van der Waals surface area contributed by atoms with Gasteiger partial charge in [0.05, 0.1) is 12.8 Å². The molecule has 0 spiro atoms. The van der Waals surface area contributed by atoms with E-state index in [4.69, 9.17) is 17.0 Å². The Morgan fingerprint density at radius 1 is 1.06 bits per heavy atom. The van der Waals surface area contributed by atoms with Gasteiger partial charge >= 0.3 is 0 Å². The maximum Gasteiger partial charge on any atom is 0.270 e. The largest absolute Gasteiger partial charge is 0.497 e. The molecule has 0 atom stereocenters. The van der Waals surface area contributed by atoms with Gasteiger partial charge in [-0.15, -0.1) is 0 Å². The minimum Gasteiger partial charge on any atom is -0.497 e. The van der Waals surface area contributed by atoms with E-state index in [1.54, 1.807) is 31.4 Å². The smallest absolute Gasteiger partial charge is 0.270 e. The highest BCUT2D eigenvalue weighted by Crippen LogP contribution is 2.26. The van der Waals surface area contributed by atoms with E-state index >= 15 is 0 Å². The van der Waals surface area contributed by atoms with Crippen molar-refractivity contribution in [2.45, 2.75) is 6.92 Å². The number of amides is 2. The number of aromatic nitrogens is 1. The molecule has 6 nitrogen and oxygen atoms in total. The first-order chi connectivity index (χ1) is 14.9. The first-order valence-corrected chi connectivity index (χ1v) is 10.6. The van der Waals surface area contributed by atoms with E-state index in [1.165, 1.54) is 4.90 Å². The number of nitrogens with zero attached hydrogens (tertiary/aromatic N) is 2. The standard InChI is InChI=1S/C23H18BrN3O3S/c1-14-10-15(13-26(14)17-6-8-19(30-2)9-7-17)11-20-21(28)25-23(31)27(22(20)29)18-5-3-4-16(24)12-18/h3-13H,1-2H3,(H,25,28,31)/b20-11-. The maximum atomic E-state index is 13.2. The molecule has 1 aliphatic heterocycles. The van der Waals surface area contributed by atoms with Crippen molar-refractivity contribution in [2.75, 3.05) is 12.0 Å². The summed E-state index contributed by atoms with van der Waals surface area (Å²) < 4.78 is 7.99. The van der Waals surface area contributed by atoms with Gasteiger partial charge in [0.1, 0.15) is 11.3 Å². The quantitative estimate of drug-likeness (QED) is 0.331. The van der Waals surface area contributed by atoms with Gasteiger partial charge in [-0.2, -0.15) is 0 Å². The number of carbonyl (C=O) groups is 2. The minimum absolute atomic E-state index is 0.0143. The number of anilines is 1. The third-order valence-electron chi connectivity index (χ3n) is 4.86. The predicted molar refractivity (Wildman–Crippen MR) is 127 cm³/mol. The molecule has 2 amide bonds. The fraction of sp³-hybridized carbons (Fsp3) is 0.0870. The second-order valence-corrected chi connectivity index (χ2v) is 8.22. The van der Waals surface area contributed by atoms with Crippen molar-refractivity contribution in [3.8, 4) is 11.4 Å². The third kappa shape index (κ3) is 4.17. The number of hydrogen-bond donors (Lipinski definition) is 1. The lowest BCUT2D eigenvalue weighted by Gasteiger charge is -2.29. The van der Waals surface area contributed by atoms with E-state index in [9.17, 15) is 9.59 Å². The Morgan fingerprint density at radius 3 is 2.48 bits per heavy atom. The zero-order valence-corrected chi connectivity index (χ0v) is 19.2. The molecule has 1 aliphatic rings. The number of methoxy groups -OCH3 is 1. The highest BCUT2D eigenvalue weighted by atomic mass is 79.9. The lowest BCUT2D eigenvalue weighted by atomic mass is 10.1. The summed E-state index contributed by atoms with van der Waals surface area (Å²) in [5.41, 5.74) is 3.22. The van der Waals surface area contributed by atoms with Crippen LogP contribution in [0.1, 0.15) is 11.3 Å². The molecule has 0 saturated carbocycles. The summed E-state index contributed by atoms with van der Waals surface area (Å²) in [6.07, 6.45) is 3.46. The first-order valence-electron chi connectivity index (χ1n) is 9.38. The molecule has 1 aromatic heterocycles. The zero-order chi connectivity index (χ0) is 22.1. The molecule has 2 aromatic carbocycles. The van der Waals surface area contributed by atoms with Crippen LogP contribution in [0.25, 0.3) is 11.8 Å². The number of benzene rings is 2. The van der Waals surface area contributed by atoms with E-state index in [1.807, 2.05) is 54.1 Å². The predicted octanol–water partition coefficient (Wildman–Crippen LogP) is 4.39. The maximum absolute atomic E-state index is 13.2. The van der Waals surface area contributed by atoms with Crippen LogP contribution in [0.15, 0.2) is 70.8 Å². The van der Waals surface area contributed by atoms with Gasteiger partial charge in [0.25, 0.3) is 11.8 Å².